The van der Waals surface area contributed by atoms with E-state index < -0.39 is 11.7 Å². The Morgan fingerprint density at radius 2 is 2.11 bits per heavy atom. The van der Waals surface area contributed by atoms with Gasteiger partial charge >= 0.3 is 0 Å². The molecule has 0 unspecified atom stereocenters. The minimum absolute atomic E-state index is 0.00621. The van der Waals surface area contributed by atoms with E-state index in [1.807, 2.05) is 23.6 Å². The van der Waals surface area contributed by atoms with E-state index in [4.69, 9.17) is 0 Å². The predicted octanol–water partition coefficient (Wildman–Crippen LogP) is 3.42. The fourth-order valence-electron chi connectivity index (χ4n) is 2.97. The molecule has 1 aliphatic heterocycles. The SMILES string of the molecule is O=C1Cc2cc(-c3csc(CCNC(=O)c4ccccc4F)n3)ccc2N1. The summed E-state index contributed by atoms with van der Waals surface area (Å²) in [6, 6.07) is 11.7. The van der Waals surface area contributed by atoms with Crippen LogP contribution in [0.4, 0.5) is 10.1 Å². The Morgan fingerprint density at radius 1 is 1.26 bits per heavy atom. The van der Waals surface area contributed by atoms with E-state index in [-0.39, 0.29) is 11.5 Å². The molecule has 0 bridgehead atoms. The lowest BCUT2D eigenvalue weighted by molar-refractivity contribution is -0.115. The fourth-order valence-corrected chi connectivity index (χ4v) is 3.78. The molecule has 5 nitrogen and oxygen atoms in total. The molecule has 4 rings (SSSR count). The van der Waals surface area contributed by atoms with Gasteiger partial charge in [0.05, 0.1) is 22.7 Å². The maximum absolute atomic E-state index is 13.6. The summed E-state index contributed by atoms with van der Waals surface area (Å²) >= 11 is 1.51. The Morgan fingerprint density at radius 3 is 2.96 bits per heavy atom. The van der Waals surface area contributed by atoms with Gasteiger partial charge in [-0.05, 0) is 29.8 Å². The molecule has 0 saturated carbocycles. The van der Waals surface area contributed by atoms with Crippen LogP contribution in [0.1, 0.15) is 20.9 Å². The third kappa shape index (κ3) is 3.73. The lowest BCUT2D eigenvalue weighted by atomic mass is 10.1. The van der Waals surface area contributed by atoms with Crippen molar-refractivity contribution in [3.63, 3.8) is 0 Å². The summed E-state index contributed by atoms with van der Waals surface area (Å²) < 4.78 is 13.6. The number of nitrogens with one attached hydrogen (secondary N) is 2. The van der Waals surface area contributed by atoms with E-state index in [1.165, 1.54) is 23.5 Å². The number of hydrogen-bond donors (Lipinski definition) is 2. The Kier molecular flexibility index (Phi) is 4.68. The number of hydrogen-bond acceptors (Lipinski definition) is 4. The second kappa shape index (κ2) is 7.28. The zero-order valence-corrected chi connectivity index (χ0v) is 15.1. The van der Waals surface area contributed by atoms with Gasteiger partial charge in [-0.2, -0.15) is 0 Å². The summed E-state index contributed by atoms with van der Waals surface area (Å²) in [4.78, 5) is 28.1. The summed E-state index contributed by atoms with van der Waals surface area (Å²) in [6.45, 7) is 0.378. The van der Waals surface area contributed by atoms with Gasteiger partial charge < -0.3 is 10.6 Å². The van der Waals surface area contributed by atoms with Crippen molar-refractivity contribution < 1.29 is 14.0 Å². The Labute approximate surface area is 159 Å². The van der Waals surface area contributed by atoms with Crippen LogP contribution in [0.5, 0.6) is 0 Å². The topological polar surface area (TPSA) is 71.1 Å². The number of fused-ring (bicyclic) bond motifs is 1. The van der Waals surface area contributed by atoms with Crippen LogP contribution >= 0.6 is 11.3 Å². The zero-order chi connectivity index (χ0) is 18.8. The molecule has 2 amide bonds. The number of halogens is 1. The quantitative estimate of drug-likeness (QED) is 0.711. The summed E-state index contributed by atoms with van der Waals surface area (Å²) in [5.41, 5.74) is 3.68. The van der Waals surface area contributed by atoms with Crippen LogP contribution in [0.25, 0.3) is 11.3 Å². The van der Waals surface area contributed by atoms with E-state index in [9.17, 15) is 14.0 Å². The third-order valence-corrected chi connectivity index (χ3v) is 5.23. The van der Waals surface area contributed by atoms with Gasteiger partial charge in [0, 0.05) is 29.6 Å². The first-order valence-electron chi connectivity index (χ1n) is 8.50. The molecule has 136 valence electrons. The van der Waals surface area contributed by atoms with Gasteiger partial charge in [0.2, 0.25) is 5.91 Å². The number of benzene rings is 2. The van der Waals surface area contributed by atoms with Crippen molar-refractivity contribution in [3.05, 3.63) is 69.8 Å². The molecule has 2 heterocycles. The van der Waals surface area contributed by atoms with Crippen molar-refractivity contribution in [2.75, 3.05) is 11.9 Å². The molecule has 1 aromatic heterocycles. The molecule has 3 aromatic rings. The van der Waals surface area contributed by atoms with Crippen molar-refractivity contribution in [2.45, 2.75) is 12.8 Å². The minimum atomic E-state index is -0.531. The molecular formula is C20H16FN3O2S. The Bertz CT molecular complexity index is 1030. The van der Waals surface area contributed by atoms with E-state index >= 15 is 0 Å². The highest BCUT2D eigenvalue weighted by molar-refractivity contribution is 7.09. The number of aromatic nitrogens is 1. The normalized spacial score (nSPS) is 12.6. The van der Waals surface area contributed by atoms with Gasteiger partial charge in [0.25, 0.3) is 5.91 Å². The lowest BCUT2D eigenvalue weighted by Crippen LogP contribution is -2.26. The van der Waals surface area contributed by atoms with E-state index in [0.29, 0.717) is 19.4 Å². The molecule has 0 radical (unpaired) electrons. The molecule has 0 spiro atoms. The average molecular weight is 381 g/mol. The van der Waals surface area contributed by atoms with Crippen LogP contribution in [-0.4, -0.2) is 23.3 Å². The van der Waals surface area contributed by atoms with E-state index in [2.05, 4.69) is 15.6 Å². The van der Waals surface area contributed by atoms with Gasteiger partial charge in [0.15, 0.2) is 0 Å². The first-order valence-corrected chi connectivity index (χ1v) is 9.38. The second-order valence-electron chi connectivity index (χ2n) is 6.21. The van der Waals surface area contributed by atoms with Crippen molar-refractivity contribution in [2.24, 2.45) is 0 Å². The fraction of sp³-hybridized carbons (Fsp3) is 0.150. The molecule has 1 aliphatic rings. The summed E-state index contributed by atoms with van der Waals surface area (Å²) in [5, 5.41) is 8.37. The van der Waals surface area contributed by atoms with E-state index in [1.54, 1.807) is 12.1 Å². The average Bonchev–Trinajstić information content (AvgIpc) is 3.26. The maximum atomic E-state index is 13.6. The molecule has 2 aromatic carbocycles. The summed E-state index contributed by atoms with van der Waals surface area (Å²) in [5.74, 6) is -0.955. The highest BCUT2D eigenvalue weighted by atomic mass is 32.1. The highest BCUT2D eigenvalue weighted by Gasteiger charge is 2.18. The van der Waals surface area contributed by atoms with Crippen LogP contribution in [0.15, 0.2) is 47.8 Å². The molecule has 0 saturated heterocycles. The van der Waals surface area contributed by atoms with Gasteiger partial charge in [-0.25, -0.2) is 9.37 Å². The van der Waals surface area contributed by atoms with Crippen molar-refractivity contribution in [1.82, 2.24) is 10.3 Å². The lowest BCUT2D eigenvalue weighted by Gasteiger charge is -2.04. The smallest absolute Gasteiger partial charge is 0.254 e. The standard InChI is InChI=1S/C20H16FN3O2S/c21-15-4-2-1-3-14(15)20(26)22-8-7-19-24-17(11-27-19)12-5-6-16-13(9-12)10-18(25)23-16/h1-6,9,11H,7-8,10H2,(H,22,26)(H,23,25). The van der Waals surface area contributed by atoms with Crippen molar-refractivity contribution in [3.8, 4) is 11.3 Å². The number of thiazole rings is 1. The maximum Gasteiger partial charge on any atom is 0.254 e. The number of anilines is 1. The largest absolute Gasteiger partial charge is 0.352 e. The third-order valence-electron chi connectivity index (χ3n) is 4.32. The molecule has 0 atom stereocenters. The van der Waals surface area contributed by atoms with Crippen LogP contribution in [0, 0.1) is 5.82 Å². The molecule has 2 N–H and O–H groups in total. The van der Waals surface area contributed by atoms with Crippen LogP contribution in [0.2, 0.25) is 0 Å². The number of rotatable bonds is 5. The monoisotopic (exact) mass is 381 g/mol. The minimum Gasteiger partial charge on any atom is -0.352 e. The number of amides is 2. The summed E-state index contributed by atoms with van der Waals surface area (Å²) in [6.07, 6.45) is 0.956. The molecular weight excluding hydrogens is 365 g/mol. The highest BCUT2D eigenvalue weighted by Crippen LogP contribution is 2.29. The number of nitrogens with zero attached hydrogens (tertiary/aromatic N) is 1. The Hall–Kier alpha value is -3.06. The van der Waals surface area contributed by atoms with Crippen LogP contribution in [-0.2, 0) is 17.6 Å². The van der Waals surface area contributed by atoms with Gasteiger partial charge in [-0.3, -0.25) is 9.59 Å². The van der Waals surface area contributed by atoms with Crippen molar-refractivity contribution >= 4 is 28.8 Å². The van der Waals surface area contributed by atoms with Gasteiger partial charge in [-0.1, -0.05) is 18.2 Å². The van der Waals surface area contributed by atoms with E-state index in [0.717, 1.165) is 27.5 Å². The zero-order valence-electron chi connectivity index (χ0n) is 14.3. The van der Waals surface area contributed by atoms with Crippen molar-refractivity contribution in [1.29, 1.82) is 0 Å². The van der Waals surface area contributed by atoms with Gasteiger partial charge in [0.1, 0.15) is 5.82 Å². The molecule has 0 aliphatic carbocycles. The molecule has 7 heteroatoms. The predicted molar refractivity (Wildman–Crippen MR) is 102 cm³/mol. The van der Waals surface area contributed by atoms with Crippen LogP contribution in [0.3, 0.4) is 0 Å². The number of carbonyl (C=O) groups is 2. The van der Waals surface area contributed by atoms with Crippen LogP contribution < -0.4 is 10.6 Å². The second-order valence-corrected chi connectivity index (χ2v) is 7.15. The molecule has 0 fully saturated rings. The number of carbonyl (C=O) groups excluding carboxylic acids is 2. The van der Waals surface area contributed by atoms with Gasteiger partial charge in [-0.15, -0.1) is 11.3 Å². The summed E-state index contributed by atoms with van der Waals surface area (Å²) in [7, 11) is 0. The first-order chi connectivity index (χ1) is 13.1. The molecule has 27 heavy (non-hydrogen) atoms. The Balaban J connectivity index is 1.38. The first kappa shape index (κ1) is 17.4.